The number of aromatic nitrogens is 2. The number of nitrogens with one attached hydrogen (secondary N) is 1. The highest BCUT2D eigenvalue weighted by molar-refractivity contribution is 8.09. The van der Waals surface area contributed by atoms with Gasteiger partial charge in [-0.1, -0.05) is 54.6 Å². The maximum Gasteiger partial charge on any atom is 0.330 e. The third kappa shape index (κ3) is 7.79. The first kappa shape index (κ1) is 35.2. The quantitative estimate of drug-likeness (QED) is 0.104. The lowest BCUT2D eigenvalue weighted by Crippen LogP contribution is -2.38. The molecule has 0 amide bonds. The Morgan fingerprint density at radius 3 is 2.12 bits per heavy atom. The Kier molecular flexibility index (Phi) is 11.3. The maximum absolute atomic E-state index is 12.9. The zero-order chi connectivity index (χ0) is 34.3. The Labute approximate surface area is 284 Å². The average Bonchev–Trinajstić information content (AvgIpc) is 3.48. The third-order valence-corrected chi connectivity index (χ3v) is 10.0. The van der Waals surface area contributed by atoms with Gasteiger partial charge in [-0.15, -0.1) is 0 Å². The Hall–Kier alpha value is -4.08. The van der Waals surface area contributed by atoms with Gasteiger partial charge in [-0.25, -0.2) is 4.79 Å². The molecule has 3 aromatic carbocycles. The van der Waals surface area contributed by atoms with E-state index in [4.69, 9.17) is 45.1 Å². The van der Waals surface area contributed by atoms with Gasteiger partial charge in [0.05, 0.1) is 46.0 Å². The minimum atomic E-state index is -2.84. The second-order valence-electron chi connectivity index (χ2n) is 11.3. The molecule has 0 spiro atoms. The molecule has 1 aliphatic heterocycles. The summed E-state index contributed by atoms with van der Waals surface area (Å²) in [5, 5.41) is 9.00. The van der Waals surface area contributed by atoms with Gasteiger partial charge < -0.3 is 28.0 Å². The van der Waals surface area contributed by atoms with Crippen LogP contribution >= 0.6 is 6.49 Å². The van der Waals surface area contributed by atoms with Gasteiger partial charge in [-0.2, -0.15) is 5.26 Å². The van der Waals surface area contributed by atoms with Crippen molar-refractivity contribution in [2.75, 3.05) is 34.1 Å². The number of benzene rings is 3. The van der Waals surface area contributed by atoms with Crippen LogP contribution in [0.15, 0.2) is 94.6 Å². The van der Waals surface area contributed by atoms with Crippen molar-refractivity contribution in [3.63, 3.8) is 0 Å². The Balaban J connectivity index is 1.57. The standard InChI is InChI=1S/C35H38N3O8PS/c1-24-22-38(34(40)37-33(24)39)32-21-30(46-47(4,48)44-20-8-19-36)31(45-32)23-43-35(25-9-6-5-7-10-25,26-11-15-28(41-2)16-12-26)27-13-17-29(42-3)18-14-27/h5-7,9-18,22,30-32H,8,20-21,23H2,1-4H3,(H,37,39,40)/t30-,31+,32+,47+/m0/s1. The molecule has 4 atom stereocenters. The van der Waals surface area contributed by atoms with E-state index in [0.29, 0.717) is 17.1 Å². The highest BCUT2D eigenvalue weighted by Crippen LogP contribution is 2.50. The van der Waals surface area contributed by atoms with Gasteiger partial charge in [0.2, 0.25) is 0 Å². The Bertz CT molecular complexity index is 1840. The van der Waals surface area contributed by atoms with Crippen molar-refractivity contribution < 1.29 is 28.0 Å². The first-order valence-electron chi connectivity index (χ1n) is 15.3. The number of nitriles is 1. The number of methoxy groups -OCH3 is 2. The number of hydrogen-bond acceptors (Lipinski definition) is 10. The highest BCUT2D eigenvalue weighted by Gasteiger charge is 2.44. The zero-order valence-electron chi connectivity index (χ0n) is 27.2. The fraction of sp³-hybridized carbons (Fsp3) is 0.343. The van der Waals surface area contributed by atoms with Gasteiger partial charge in [-0.05, 0) is 59.7 Å². The van der Waals surface area contributed by atoms with Crippen LogP contribution in [-0.4, -0.2) is 55.9 Å². The molecular formula is C35H38N3O8PS. The van der Waals surface area contributed by atoms with Gasteiger partial charge in [0.1, 0.15) is 29.4 Å². The molecule has 1 aromatic heterocycles. The predicted molar refractivity (Wildman–Crippen MR) is 184 cm³/mol. The van der Waals surface area contributed by atoms with Crippen molar-refractivity contribution in [3.8, 4) is 17.6 Å². The van der Waals surface area contributed by atoms with E-state index < -0.39 is 41.8 Å². The molecular weight excluding hydrogens is 653 g/mol. The van der Waals surface area contributed by atoms with Crippen molar-refractivity contribution in [2.45, 2.75) is 43.8 Å². The van der Waals surface area contributed by atoms with Crippen molar-refractivity contribution in [1.29, 1.82) is 5.26 Å². The molecule has 2 heterocycles. The van der Waals surface area contributed by atoms with Crippen LogP contribution in [0.5, 0.6) is 11.5 Å². The minimum Gasteiger partial charge on any atom is -0.497 e. The predicted octanol–water partition coefficient (Wildman–Crippen LogP) is 5.41. The first-order valence-corrected chi connectivity index (χ1v) is 18.4. The molecule has 1 fully saturated rings. The van der Waals surface area contributed by atoms with Crippen LogP contribution in [0.4, 0.5) is 0 Å². The molecule has 11 nitrogen and oxygen atoms in total. The van der Waals surface area contributed by atoms with Crippen LogP contribution < -0.4 is 20.7 Å². The summed E-state index contributed by atoms with van der Waals surface area (Å²) < 4.78 is 38.1. The second-order valence-corrected chi connectivity index (χ2v) is 15.3. The lowest BCUT2D eigenvalue weighted by atomic mass is 9.80. The number of ether oxygens (including phenoxy) is 4. The number of H-pyrrole nitrogens is 1. The average molecular weight is 692 g/mol. The zero-order valence-corrected chi connectivity index (χ0v) is 28.9. The summed E-state index contributed by atoms with van der Waals surface area (Å²) >= 11 is 5.72. The molecule has 13 heteroatoms. The fourth-order valence-corrected chi connectivity index (χ4v) is 7.50. The van der Waals surface area contributed by atoms with Crippen LogP contribution in [-0.2, 0) is 35.9 Å². The van der Waals surface area contributed by atoms with Crippen LogP contribution in [0.1, 0.15) is 41.3 Å². The largest absolute Gasteiger partial charge is 0.497 e. The first-order chi connectivity index (χ1) is 23.1. The Morgan fingerprint density at radius 1 is 0.979 bits per heavy atom. The fourth-order valence-electron chi connectivity index (χ4n) is 5.75. The van der Waals surface area contributed by atoms with E-state index in [1.807, 2.05) is 84.9 Å². The van der Waals surface area contributed by atoms with Gasteiger partial charge in [0.25, 0.3) is 5.56 Å². The van der Waals surface area contributed by atoms with Gasteiger partial charge in [-0.3, -0.25) is 14.3 Å². The van der Waals surface area contributed by atoms with Crippen molar-refractivity contribution in [1.82, 2.24) is 9.55 Å². The molecule has 0 saturated carbocycles. The summed E-state index contributed by atoms with van der Waals surface area (Å²) in [7, 11) is 3.23. The van der Waals surface area contributed by atoms with E-state index in [1.165, 1.54) is 10.8 Å². The van der Waals surface area contributed by atoms with Crippen LogP contribution in [0.2, 0.25) is 0 Å². The van der Waals surface area contributed by atoms with E-state index in [-0.39, 0.29) is 26.1 Å². The van der Waals surface area contributed by atoms with E-state index in [1.54, 1.807) is 27.8 Å². The molecule has 0 bridgehead atoms. The Morgan fingerprint density at radius 2 is 1.56 bits per heavy atom. The summed E-state index contributed by atoms with van der Waals surface area (Å²) in [5.74, 6) is 1.38. The smallest absolute Gasteiger partial charge is 0.330 e. The number of rotatable bonds is 14. The molecule has 1 saturated heterocycles. The molecule has 5 rings (SSSR count). The van der Waals surface area contributed by atoms with Crippen LogP contribution in [0, 0.1) is 18.3 Å². The number of nitrogens with zero attached hydrogens (tertiary/aromatic N) is 2. The molecule has 1 aliphatic rings. The van der Waals surface area contributed by atoms with Crippen molar-refractivity contribution >= 4 is 18.3 Å². The topological polar surface area (TPSA) is 134 Å². The molecule has 0 radical (unpaired) electrons. The molecule has 0 aliphatic carbocycles. The van der Waals surface area contributed by atoms with E-state index >= 15 is 0 Å². The molecule has 1 N–H and O–H groups in total. The lowest BCUT2D eigenvalue weighted by Gasteiger charge is -2.37. The lowest BCUT2D eigenvalue weighted by molar-refractivity contribution is -0.0917. The molecule has 48 heavy (non-hydrogen) atoms. The van der Waals surface area contributed by atoms with Crippen LogP contribution in [0.25, 0.3) is 0 Å². The van der Waals surface area contributed by atoms with Gasteiger partial charge in [0.15, 0.2) is 6.49 Å². The monoisotopic (exact) mass is 691 g/mol. The number of aryl methyl sites for hydroxylation is 1. The summed E-state index contributed by atoms with van der Waals surface area (Å²) in [5.41, 5.74) is 0.681. The molecule has 4 aromatic rings. The van der Waals surface area contributed by atoms with Gasteiger partial charge >= 0.3 is 5.69 Å². The summed E-state index contributed by atoms with van der Waals surface area (Å²) in [6.07, 6.45) is -0.268. The SMILES string of the molecule is COc1ccc(C(OC[C@H]2O[C@@H](n3cc(C)c(=O)[nH]c3=O)C[C@@H]2O[P@](C)(=S)OCCC#N)(c2ccccc2)c2ccc(OC)cc2)cc1. The van der Waals surface area contributed by atoms with E-state index in [2.05, 4.69) is 4.98 Å². The summed E-state index contributed by atoms with van der Waals surface area (Å²) in [6, 6.07) is 27.2. The highest BCUT2D eigenvalue weighted by atomic mass is 32.5. The molecule has 0 unspecified atom stereocenters. The normalized spacial score (nSPS) is 18.9. The van der Waals surface area contributed by atoms with Crippen molar-refractivity contribution in [2.24, 2.45) is 0 Å². The number of aromatic amines is 1. The third-order valence-electron chi connectivity index (χ3n) is 8.14. The minimum absolute atomic E-state index is 0.0126. The summed E-state index contributed by atoms with van der Waals surface area (Å²) in [6.45, 7) is 0.620. The van der Waals surface area contributed by atoms with Crippen molar-refractivity contribution in [3.05, 3.63) is 128 Å². The van der Waals surface area contributed by atoms with E-state index in [9.17, 15) is 9.59 Å². The summed E-state index contributed by atoms with van der Waals surface area (Å²) in [4.78, 5) is 27.4. The van der Waals surface area contributed by atoms with Gasteiger partial charge in [0, 0.05) is 24.8 Å². The molecule has 252 valence electrons. The second kappa shape index (κ2) is 15.4. The van der Waals surface area contributed by atoms with Crippen LogP contribution in [0.3, 0.4) is 0 Å². The number of hydrogen-bond donors (Lipinski definition) is 1. The van der Waals surface area contributed by atoms with E-state index in [0.717, 1.165) is 16.7 Å². The maximum atomic E-state index is 12.9.